The summed E-state index contributed by atoms with van der Waals surface area (Å²) in [5.41, 5.74) is 11.4. The Hall–Kier alpha value is -5.26. The Morgan fingerprint density at radius 1 is 0.843 bits per heavy atom. The molecule has 1 heterocycles. The predicted molar refractivity (Wildman–Crippen MR) is 180 cm³/mol. The summed E-state index contributed by atoms with van der Waals surface area (Å²) < 4.78 is 0. The fraction of sp³-hybridized carbons (Fsp3) is 0.576. The number of hydrogen-bond donors (Lipinski definition) is 9. The van der Waals surface area contributed by atoms with Gasteiger partial charge in [0.25, 0.3) is 0 Å². The number of amides is 6. The van der Waals surface area contributed by atoms with Gasteiger partial charge in [-0.25, -0.2) is 4.79 Å². The van der Waals surface area contributed by atoms with Crippen LogP contribution in [-0.2, 0) is 44.8 Å². The van der Waals surface area contributed by atoms with Crippen molar-refractivity contribution in [2.45, 2.75) is 102 Å². The quantitative estimate of drug-likeness (QED) is 0.0775. The highest BCUT2D eigenvalue weighted by atomic mass is 16.4. The van der Waals surface area contributed by atoms with Gasteiger partial charge < -0.3 is 53.0 Å². The summed E-state index contributed by atoms with van der Waals surface area (Å²) >= 11 is 0. The van der Waals surface area contributed by atoms with E-state index in [1.54, 1.807) is 27.7 Å². The zero-order valence-electron chi connectivity index (χ0n) is 29.1. The van der Waals surface area contributed by atoms with Crippen LogP contribution in [0.3, 0.4) is 0 Å². The van der Waals surface area contributed by atoms with Gasteiger partial charge >= 0.3 is 11.9 Å². The highest BCUT2D eigenvalue weighted by Gasteiger charge is 2.39. The molecule has 1 aromatic carbocycles. The van der Waals surface area contributed by atoms with Crippen molar-refractivity contribution in [2.24, 2.45) is 23.3 Å². The second-order valence-electron chi connectivity index (χ2n) is 13.0. The lowest BCUT2D eigenvalue weighted by Gasteiger charge is -2.30. The van der Waals surface area contributed by atoms with E-state index in [4.69, 9.17) is 11.5 Å². The average molecular weight is 720 g/mol. The lowest BCUT2D eigenvalue weighted by Crippen LogP contribution is -2.61. The molecule has 1 aliphatic heterocycles. The van der Waals surface area contributed by atoms with Crippen LogP contribution in [0.1, 0.15) is 65.4 Å². The van der Waals surface area contributed by atoms with Gasteiger partial charge in [0.1, 0.15) is 36.0 Å². The number of phenols is 1. The number of rotatable bonds is 19. The van der Waals surface area contributed by atoms with E-state index in [1.807, 2.05) is 0 Å². The summed E-state index contributed by atoms with van der Waals surface area (Å²) in [4.78, 5) is 103. The number of nitrogens with one attached hydrogen (secondary N) is 4. The largest absolute Gasteiger partial charge is 0.508 e. The number of carbonyl (C=O) groups excluding carboxylic acids is 6. The predicted octanol–water partition coefficient (Wildman–Crippen LogP) is -1.67. The van der Waals surface area contributed by atoms with Crippen LogP contribution in [0, 0.1) is 11.8 Å². The highest BCUT2D eigenvalue weighted by Crippen LogP contribution is 2.20. The first kappa shape index (κ1) is 41.9. The molecule has 1 aromatic rings. The second-order valence-corrected chi connectivity index (χ2v) is 13.0. The van der Waals surface area contributed by atoms with Gasteiger partial charge in [-0.05, 0) is 42.4 Å². The number of nitrogens with two attached hydrogens (primary N) is 2. The van der Waals surface area contributed by atoms with Gasteiger partial charge in [-0.1, -0.05) is 46.2 Å². The van der Waals surface area contributed by atoms with E-state index in [2.05, 4.69) is 21.3 Å². The summed E-state index contributed by atoms with van der Waals surface area (Å²) in [5, 5.41) is 38.7. The minimum atomic E-state index is -1.67. The van der Waals surface area contributed by atoms with Gasteiger partial charge in [0.2, 0.25) is 35.4 Å². The first-order chi connectivity index (χ1) is 23.9. The van der Waals surface area contributed by atoms with Crippen LogP contribution in [0.5, 0.6) is 5.75 Å². The lowest BCUT2D eigenvalue weighted by molar-refractivity contribution is -0.143. The van der Waals surface area contributed by atoms with Crippen LogP contribution in [0.25, 0.3) is 0 Å². The Balaban J connectivity index is 2.22. The number of carboxylic acid groups (broad SMARTS) is 2. The molecular formula is C33H49N7O11. The number of primary amides is 1. The van der Waals surface area contributed by atoms with E-state index in [0.29, 0.717) is 18.4 Å². The number of phenolic OH excluding ortho intramolecular Hbond substituents is 1. The Bertz CT molecular complexity index is 1450. The fourth-order valence-electron chi connectivity index (χ4n) is 5.54. The molecule has 0 aliphatic carbocycles. The first-order valence-electron chi connectivity index (χ1n) is 16.6. The lowest BCUT2D eigenvalue weighted by atomic mass is 9.95. The van der Waals surface area contributed by atoms with Crippen LogP contribution in [0.2, 0.25) is 0 Å². The van der Waals surface area contributed by atoms with Crippen LogP contribution in [-0.4, -0.2) is 110 Å². The third-order valence-corrected chi connectivity index (χ3v) is 8.62. The first-order valence-corrected chi connectivity index (χ1v) is 16.6. The molecule has 0 spiro atoms. The van der Waals surface area contributed by atoms with Crippen LogP contribution in [0.4, 0.5) is 0 Å². The maximum Gasteiger partial charge on any atom is 0.326 e. The molecule has 1 saturated heterocycles. The Labute approximate surface area is 295 Å². The molecular weight excluding hydrogens is 670 g/mol. The van der Waals surface area contributed by atoms with Crippen molar-refractivity contribution >= 4 is 47.4 Å². The molecule has 18 nitrogen and oxygen atoms in total. The van der Waals surface area contributed by atoms with Crippen molar-refractivity contribution in [1.82, 2.24) is 26.2 Å². The molecule has 1 fully saturated rings. The molecule has 282 valence electrons. The maximum atomic E-state index is 13.6. The molecule has 7 atom stereocenters. The van der Waals surface area contributed by atoms with Gasteiger partial charge in [0.15, 0.2) is 0 Å². The molecule has 6 amide bonds. The molecule has 0 saturated carbocycles. The third kappa shape index (κ3) is 12.5. The summed E-state index contributed by atoms with van der Waals surface area (Å²) in [6, 6.07) is -2.26. The fourth-order valence-corrected chi connectivity index (χ4v) is 5.54. The van der Waals surface area contributed by atoms with Gasteiger partial charge in [-0.2, -0.15) is 0 Å². The van der Waals surface area contributed by atoms with Crippen molar-refractivity contribution in [1.29, 1.82) is 0 Å². The Morgan fingerprint density at radius 3 is 1.96 bits per heavy atom. The summed E-state index contributed by atoms with van der Waals surface area (Å²) in [5.74, 6) is -8.89. The number of hydrogen-bond acceptors (Lipinski definition) is 10. The molecule has 2 rings (SSSR count). The summed E-state index contributed by atoms with van der Waals surface area (Å²) in [6.07, 6.45) is -0.514. The number of aliphatic carboxylic acids is 2. The normalized spacial score (nSPS) is 17.6. The number of likely N-dealkylation sites (tertiary alicyclic amines) is 1. The van der Waals surface area contributed by atoms with E-state index >= 15 is 0 Å². The van der Waals surface area contributed by atoms with Gasteiger partial charge in [0.05, 0.1) is 18.9 Å². The van der Waals surface area contributed by atoms with Crippen molar-refractivity contribution in [3.05, 3.63) is 29.8 Å². The zero-order valence-corrected chi connectivity index (χ0v) is 29.1. The number of carboxylic acids is 2. The minimum Gasteiger partial charge on any atom is -0.508 e. The molecule has 18 heteroatoms. The molecule has 0 radical (unpaired) electrons. The number of aromatic hydroxyl groups is 1. The van der Waals surface area contributed by atoms with E-state index < -0.39 is 108 Å². The van der Waals surface area contributed by atoms with Crippen LogP contribution < -0.4 is 32.7 Å². The standard InChI is InChI=1S/C33H49N7O11/c1-5-17(4)27(31(48)38-26(16(2)3)30(47)37-22(33(50)51)13-18-8-10-19(41)11-9-18)39-28(45)21(15-25(43)44)36-29(46)23-7-6-12-40(23)32(49)20(34)14-24(35)42/h8-11,16-17,20-23,26-27,41H,5-7,12-15,34H2,1-4H3,(H2,35,42)(H,36,46)(H,37,47)(H,38,48)(H,39,45)(H,43,44)(H,50,51). The van der Waals surface area contributed by atoms with Crippen molar-refractivity contribution in [2.75, 3.05) is 6.54 Å². The SMILES string of the molecule is CCC(C)C(NC(=O)C(CC(=O)O)NC(=O)C1CCCN1C(=O)C(N)CC(N)=O)C(=O)NC(C(=O)NC(Cc1ccc(O)cc1)C(=O)O)C(C)C. The minimum absolute atomic E-state index is 0.0206. The van der Waals surface area contributed by atoms with Crippen LogP contribution >= 0.6 is 0 Å². The number of nitrogens with zero attached hydrogens (tertiary/aromatic N) is 1. The van der Waals surface area contributed by atoms with Gasteiger partial charge in [0, 0.05) is 13.0 Å². The van der Waals surface area contributed by atoms with Crippen molar-refractivity contribution in [3.8, 4) is 5.75 Å². The van der Waals surface area contributed by atoms with Crippen molar-refractivity contribution < 1.29 is 53.7 Å². The maximum absolute atomic E-state index is 13.6. The van der Waals surface area contributed by atoms with Gasteiger partial charge in [-0.3, -0.25) is 33.6 Å². The van der Waals surface area contributed by atoms with Gasteiger partial charge in [-0.15, -0.1) is 0 Å². The Kier molecular flexibility index (Phi) is 15.8. The monoisotopic (exact) mass is 719 g/mol. The topological polar surface area (TPSA) is 301 Å². The molecule has 11 N–H and O–H groups in total. The molecule has 7 unspecified atom stereocenters. The second kappa shape index (κ2) is 19.2. The van der Waals surface area contributed by atoms with E-state index in [1.165, 1.54) is 24.3 Å². The average Bonchev–Trinajstić information content (AvgIpc) is 3.55. The van der Waals surface area contributed by atoms with Crippen LogP contribution in [0.15, 0.2) is 24.3 Å². The third-order valence-electron chi connectivity index (χ3n) is 8.62. The highest BCUT2D eigenvalue weighted by molar-refractivity contribution is 5.98. The summed E-state index contributed by atoms with van der Waals surface area (Å²) in [6.45, 7) is 6.73. The summed E-state index contributed by atoms with van der Waals surface area (Å²) in [7, 11) is 0. The van der Waals surface area contributed by atoms with E-state index in [-0.39, 0.29) is 25.1 Å². The molecule has 1 aliphatic rings. The zero-order chi connectivity index (χ0) is 38.6. The molecule has 0 aromatic heterocycles. The smallest absolute Gasteiger partial charge is 0.326 e. The number of carbonyl (C=O) groups is 8. The van der Waals surface area contributed by atoms with E-state index in [0.717, 1.165) is 4.90 Å². The number of benzene rings is 1. The molecule has 0 bridgehead atoms. The Morgan fingerprint density at radius 2 is 1.43 bits per heavy atom. The van der Waals surface area contributed by atoms with E-state index in [9.17, 15) is 53.7 Å². The molecule has 51 heavy (non-hydrogen) atoms. The van der Waals surface area contributed by atoms with Crippen molar-refractivity contribution in [3.63, 3.8) is 0 Å².